The van der Waals surface area contributed by atoms with Crippen molar-refractivity contribution in [1.29, 1.82) is 0 Å². The van der Waals surface area contributed by atoms with Gasteiger partial charge in [0.25, 0.3) is 0 Å². The highest BCUT2D eigenvalue weighted by molar-refractivity contribution is 5.92. The molecule has 1 aliphatic heterocycles. The maximum absolute atomic E-state index is 5.68. The molecular formula is C25H30N4O. The number of methoxy groups -OCH3 is 1. The zero-order valence-corrected chi connectivity index (χ0v) is 18.2. The highest BCUT2D eigenvalue weighted by Crippen LogP contribution is 2.39. The summed E-state index contributed by atoms with van der Waals surface area (Å²) >= 11 is 0. The van der Waals surface area contributed by atoms with Gasteiger partial charge in [-0.25, -0.2) is 4.98 Å². The second-order valence-corrected chi connectivity index (χ2v) is 8.79. The normalized spacial score (nSPS) is 15.5. The lowest BCUT2D eigenvalue weighted by Crippen LogP contribution is -2.26. The molecule has 5 rings (SSSR count). The summed E-state index contributed by atoms with van der Waals surface area (Å²) in [5.41, 5.74) is 8.22. The third-order valence-corrected chi connectivity index (χ3v) is 6.40. The maximum atomic E-state index is 5.68. The quantitative estimate of drug-likeness (QED) is 0.481. The number of hydrogen-bond acceptors (Lipinski definition) is 3. The second-order valence-electron chi connectivity index (χ2n) is 8.79. The van der Waals surface area contributed by atoms with Gasteiger partial charge in [-0.1, -0.05) is 19.9 Å². The fourth-order valence-corrected chi connectivity index (χ4v) is 4.95. The standard InChI is InChI=1S/C25H30N4O/c1-15(2)24-20-11-18(17-7-9-26-10-8-17)5-6-21(20)28-25(24)19-12-22-27-16(3)14-29(22)23(13-19)30-4/h5-6,11-15,17,26,28H,7-10H2,1-4H3. The summed E-state index contributed by atoms with van der Waals surface area (Å²) in [5, 5.41) is 4.82. The van der Waals surface area contributed by atoms with E-state index in [4.69, 9.17) is 4.74 Å². The molecule has 2 N–H and O–H groups in total. The molecular weight excluding hydrogens is 372 g/mol. The SMILES string of the molecule is COc1cc(-c2[nH]c3ccc(C4CCNCC4)cc3c2C(C)C)cc2nc(C)cn12. The van der Waals surface area contributed by atoms with Gasteiger partial charge in [0.2, 0.25) is 0 Å². The molecule has 0 amide bonds. The molecule has 1 aliphatic rings. The lowest BCUT2D eigenvalue weighted by molar-refractivity contribution is 0.392. The smallest absolute Gasteiger partial charge is 0.199 e. The Balaban J connectivity index is 1.69. The molecule has 0 saturated carbocycles. The Morgan fingerprint density at radius 1 is 1.13 bits per heavy atom. The third-order valence-electron chi connectivity index (χ3n) is 6.40. The minimum absolute atomic E-state index is 0.403. The van der Waals surface area contributed by atoms with Crippen molar-refractivity contribution in [3.05, 3.63) is 53.3 Å². The van der Waals surface area contributed by atoms with Gasteiger partial charge >= 0.3 is 0 Å². The molecule has 5 heteroatoms. The average Bonchev–Trinajstić information content (AvgIpc) is 3.32. The first-order valence-corrected chi connectivity index (χ1v) is 11.0. The van der Waals surface area contributed by atoms with Crippen LogP contribution in [-0.4, -0.2) is 34.6 Å². The van der Waals surface area contributed by atoms with E-state index in [0.29, 0.717) is 11.8 Å². The Kier molecular flexibility index (Phi) is 4.78. The first-order valence-electron chi connectivity index (χ1n) is 11.0. The van der Waals surface area contributed by atoms with E-state index in [2.05, 4.69) is 59.5 Å². The molecule has 5 nitrogen and oxygen atoms in total. The molecule has 0 aliphatic carbocycles. The highest BCUT2D eigenvalue weighted by atomic mass is 16.5. The predicted octanol–water partition coefficient (Wildman–Crippen LogP) is 5.39. The molecule has 1 aromatic carbocycles. The number of aromatic amines is 1. The van der Waals surface area contributed by atoms with Gasteiger partial charge in [0.1, 0.15) is 5.65 Å². The van der Waals surface area contributed by atoms with Gasteiger partial charge in [-0.15, -0.1) is 0 Å². The minimum Gasteiger partial charge on any atom is -0.482 e. The average molecular weight is 403 g/mol. The largest absolute Gasteiger partial charge is 0.482 e. The van der Waals surface area contributed by atoms with Crippen LogP contribution in [0.3, 0.4) is 0 Å². The van der Waals surface area contributed by atoms with E-state index in [0.717, 1.165) is 35.9 Å². The number of hydrogen-bond donors (Lipinski definition) is 2. The molecule has 30 heavy (non-hydrogen) atoms. The number of benzene rings is 1. The van der Waals surface area contributed by atoms with Gasteiger partial charge in [-0.2, -0.15) is 0 Å². The Hall–Kier alpha value is -2.79. The molecule has 1 saturated heterocycles. The zero-order chi connectivity index (χ0) is 20.8. The molecule has 3 aromatic heterocycles. The third kappa shape index (κ3) is 3.18. The Morgan fingerprint density at radius 2 is 1.93 bits per heavy atom. The van der Waals surface area contributed by atoms with Crippen LogP contribution >= 0.6 is 0 Å². The maximum Gasteiger partial charge on any atom is 0.199 e. The van der Waals surface area contributed by atoms with E-state index in [9.17, 15) is 0 Å². The number of aryl methyl sites for hydroxylation is 1. The summed E-state index contributed by atoms with van der Waals surface area (Å²) in [7, 11) is 1.72. The summed E-state index contributed by atoms with van der Waals surface area (Å²) in [5.74, 6) is 1.85. The Bertz CT molecular complexity index is 1210. The van der Waals surface area contributed by atoms with E-state index in [1.165, 1.54) is 40.6 Å². The summed E-state index contributed by atoms with van der Waals surface area (Å²) < 4.78 is 7.68. The first kappa shape index (κ1) is 19.2. The van der Waals surface area contributed by atoms with Crippen LogP contribution in [0.1, 0.15) is 55.3 Å². The number of piperidine rings is 1. The first-order chi connectivity index (χ1) is 14.5. The highest BCUT2D eigenvalue weighted by Gasteiger charge is 2.21. The van der Waals surface area contributed by atoms with Crippen molar-refractivity contribution in [2.45, 2.75) is 45.4 Å². The summed E-state index contributed by atoms with van der Waals surface area (Å²) in [6.07, 6.45) is 4.44. The fraction of sp³-hybridized carbons (Fsp3) is 0.400. The van der Waals surface area contributed by atoms with Crippen molar-refractivity contribution in [3.8, 4) is 17.1 Å². The number of ether oxygens (including phenoxy) is 1. The van der Waals surface area contributed by atoms with E-state index in [1.54, 1.807) is 7.11 Å². The molecule has 0 atom stereocenters. The minimum atomic E-state index is 0.403. The lowest BCUT2D eigenvalue weighted by Gasteiger charge is -2.23. The van der Waals surface area contributed by atoms with Crippen LogP contribution in [0.5, 0.6) is 5.88 Å². The predicted molar refractivity (Wildman–Crippen MR) is 123 cm³/mol. The topological polar surface area (TPSA) is 54.3 Å². The van der Waals surface area contributed by atoms with Crippen LogP contribution in [0.25, 0.3) is 27.8 Å². The Morgan fingerprint density at radius 3 is 2.67 bits per heavy atom. The van der Waals surface area contributed by atoms with Crippen molar-refractivity contribution in [2.24, 2.45) is 0 Å². The number of H-pyrrole nitrogens is 1. The van der Waals surface area contributed by atoms with Crippen molar-refractivity contribution >= 4 is 16.6 Å². The van der Waals surface area contributed by atoms with Crippen LogP contribution in [0, 0.1) is 6.92 Å². The number of pyridine rings is 1. The van der Waals surface area contributed by atoms with E-state index < -0.39 is 0 Å². The number of nitrogens with zero attached hydrogens (tertiary/aromatic N) is 2. The molecule has 156 valence electrons. The zero-order valence-electron chi connectivity index (χ0n) is 18.2. The molecule has 4 heterocycles. The number of imidazole rings is 1. The monoisotopic (exact) mass is 402 g/mol. The van der Waals surface area contributed by atoms with Crippen LogP contribution in [-0.2, 0) is 0 Å². The van der Waals surface area contributed by atoms with Crippen molar-refractivity contribution in [1.82, 2.24) is 19.7 Å². The van der Waals surface area contributed by atoms with Crippen LogP contribution < -0.4 is 10.1 Å². The van der Waals surface area contributed by atoms with E-state index in [1.807, 2.05) is 17.5 Å². The molecule has 4 aromatic rings. The summed E-state index contributed by atoms with van der Waals surface area (Å²) in [6.45, 7) is 8.79. The van der Waals surface area contributed by atoms with Crippen molar-refractivity contribution in [2.75, 3.05) is 20.2 Å². The number of rotatable bonds is 4. The fourth-order valence-electron chi connectivity index (χ4n) is 4.95. The number of aromatic nitrogens is 3. The van der Waals surface area contributed by atoms with Crippen molar-refractivity contribution < 1.29 is 4.74 Å². The van der Waals surface area contributed by atoms with Crippen LogP contribution in [0.4, 0.5) is 0 Å². The van der Waals surface area contributed by atoms with Crippen molar-refractivity contribution in [3.63, 3.8) is 0 Å². The van der Waals surface area contributed by atoms with Crippen LogP contribution in [0.2, 0.25) is 0 Å². The van der Waals surface area contributed by atoms with E-state index >= 15 is 0 Å². The van der Waals surface area contributed by atoms with Crippen LogP contribution in [0.15, 0.2) is 36.5 Å². The molecule has 1 fully saturated rings. The second kappa shape index (κ2) is 7.47. The van der Waals surface area contributed by atoms with E-state index in [-0.39, 0.29) is 0 Å². The van der Waals surface area contributed by atoms with Gasteiger partial charge < -0.3 is 15.0 Å². The van der Waals surface area contributed by atoms with Gasteiger partial charge in [0, 0.05) is 28.7 Å². The summed E-state index contributed by atoms with van der Waals surface area (Å²) in [4.78, 5) is 8.38. The number of nitrogens with one attached hydrogen (secondary N) is 2. The summed E-state index contributed by atoms with van der Waals surface area (Å²) in [6, 6.07) is 11.3. The number of fused-ring (bicyclic) bond motifs is 2. The van der Waals surface area contributed by atoms with Gasteiger partial charge in [0.05, 0.1) is 18.5 Å². The lowest BCUT2D eigenvalue weighted by atomic mass is 9.88. The van der Waals surface area contributed by atoms with Gasteiger partial charge in [0.15, 0.2) is 5.88 Å². The Labute approximate surface area is 177 Å². The molecule has 0 bridgehead atoms. The van der Waals surface area contributed by atoms with Gasteiger partial charge in [-0.3, -0.25) is 4.40 Å². The molecule has 0 radical (unpaired) electrons. The molecule has 0 unspecified atom stereocenters. The van der Waals surface area contributed by atoms with Gasteiger partial charge in [-0.05, 0) is 74.0 Å². The molecule has 0 spiro atoms.